The summed E-state index contributed by atoms with van der Waals surface area (Å²) in [6.45, 7) is 13.1. The van der Waals surface area contributed by atoms with Crippen molar-refractivity contribution in [2.75, 3.05) is 7.05 Å². The largest absolute Gasteiger partial charge is 0.452 e. The van der Waals surface area contributed by atoms with Crippen LogP contribution in [-0.4, -0.2) is 35.3 Å². The summed E-state index contributed by atoms with van der Waals surface area (Å²) < 4.78 is 14.1. The summed E-state index contributed by atoms with van der Waals surface area (Å²) in [5, 5.41) is 4.62. The number of nitrogens with zero attached hydrogens (tertiary/aromatic N) is 3. The highest BCUT2D eigenvalue weighted by atomic mass is 16.7. The third-order valence-corrected chi connectivity index (χ3v) is 6.50. The molecule has 1 aliphatic carbocycles. The quantitative estimate of drug-likeness (QED) is 0.186. The zero-order chi connectivity index (χ0) is 25.6. The van der Waals surface area contributed by atoms with Crippen LogP contribution >= 0.6 is 0 Å². The van der Waals surface area contributed by atoms with Crippen molar-refractivity contribution in [1.82, 2.24) is 9.78 Å². The van der Waals surface area contributed by atoms with Gasteiger partial charge in [-0.1, -0.05) is 64.3 Å². The van der Waals surface area contributed by atoms with Gasteiger partial charge in [-0.2, -0.15) is 5.10 Å². The van der Waals surface area contributed by atoms with Crippen LogP contribution in [0.5, 0.6) is 0 Å². The Bertz CT molecular complexity index is 1050. The first-order chi connectivity index (χ1) is 16.6. The molecule has 1 unspecified atom stereocenters. The molecule has 0 spiro atoms. The van der Waals surface area contributed by atoms with Crippen molar-refractivity contribution in [1.29, 1.82) is 0 Å². The summed E-state index contributed by atoms with van der Waals surface area (Å²) in [6.07, 6.45) is 6.20. The van der Waals surface area contributed by atoms with Gasteiger partial charge in [-0.05, 0) is 49.3 Å². The average molecular weight is 480 g/mol. The fourth-order valence-electron chi connectivity index (χ4n) is 4.56. The van der Waals surface area contributed by atoms with Gasteiger partial charge in [0, 0.05) is 32.3 Å². The zero-order valence-electron chi connectivity index (χ0n) is 22.4. The first-order valence-electron chi connectivity index (χ1n) is 12.8. The predicted molar refractivity (Wildman–Crippen MR) is 142 cm³/mol. The second-order valence-electron chi connectivity index (χ2n) is 10.4. The predicted octanol–water partition coefficient (Wildman–Crippen LogP) is 6.56. The Morgan fingerprint density at radius 2 is 1.83 bits per heavy atom. The highest BCUT2D eigenvalue weighted by Crippen LogP contribution is 2.31. The van der Waals surface area contributed by atoms with Crippen molar-refractivity contribution in [3.05, 3.63) is 52.8 Å². The number of aryl methyl sites for hydroxylation is 2. The van der Waals surface area contributed by atoms with Crippen molar-refractivity contribution in [2.45, 2.75) is 91.9 Å². The number of aromatic nitrogens is 2. The summed E-state index contributed by atoms with van der Waals surface area (Å²) >= 11 is 0. The molecule has 0 bridgehead atoms. The number of allylic oxidation sites excluding steroid dienone is 1. The molecule has 0 N–H and O–H groups in total. The number of carbonyl (C=O) groups is 1. The van der Waals surface area contributed by atoms with Gasteiger partial charge < -0.3 is 9.47 Å². The molecule has 1 aliphatic rings. The minimum absolute atomic E-state index is 0.0349. The lowest BCUT2D eigenvalue weighted by Crippen LogP contribution is -2.26. The van der Waals surface area contributed by atoms with Gasteiger partial charge in [-0.25, -0.2) is 0 Å². The molecule has 1 aromatic heterocycles. The number of hydrogen-bond donors (Lipinski definition) is 0. The molecule has 6 nitrogen and oxygen atoms in total. The molecular formula is C29H41N3O3. The van der Waals surface area contributed by atoms with Crippen LogP contribution in [0.4, 0.5) is 0 Å². The third-order valence-electron chi connectivity index (χ3n) is 6.50. The second kappa shape index (κ2) is 11.7. The SMILES string of the molecule is CCn1nc(C)cc1/C(OC(C)OC(=O)C1CCCCC1)=C(\C=NC)c1ccc(C(C)(C)C)cc1. The normalized spacial score (nSPS) is 16.8. The van der Waals surface area contributed by atoms with Gasteiger partial charge in [0.25, 0.3) is 0 Å². The van der Waals surface area contributed by atoms with Crippen molar-refractivity contribution >= 4 is 23.5 Å². The molecule has 1 fully saturated rings. The molecule has 35 heavy (non-hydrogen) atoms. The molecule has 1 atom stereocenters. The van der Waals surface area contributed by atoms with Gasteiger partial charge in [0.2, 0.25) is 6.29 Å². The van der Waals surface area contributed by atoms with Crippen LogP contribution in [0.2, 0.25) is 0 Å². The molecule has 0 radical (unpaired) electrons. The van der Waals surface area contributed by atoms with Crippen molar-refractivity contribution in [3.8, 4) is 0 Å². The maximum atomic E-state index is 12.8. The second-order valence-corrected chi connectivity index (χ2v) is 10.4. The van der Waals surface area contributed by atoms with Crippen molar-refractivity contribution < 1.29 is 14.3 Å². The maximum Gasteiger partial charge on any atom is 0.311 e. The summed E-state index contributed by atoms with van der Waals surface area (Å²) in [4.78, 5) is 17.1. The van der Waals surface area contributed by atoms with Gasteiger partial charge >= 0.3 is 5.97 Å². The van der Waals surface area contributed by atoms with E-state index in [4.69, 9.17) is 9.47 Å². The third kappa shape index (κ3) is 6.83. The van der Waals surface area contributed by atoms with Crippen LogP contribution in [0.1, 0.15) is 89.2 Å². The van der Waals surface area contributed by atoms with E-state index in [1.807, 2.05) is 24.6 Å². The maximum absolute atomic E-state index is 12.8. The number of ether oxygens (including phenoxy) is 2. The number of carbonyl (C=O) groups excluding carboxylic acids is 1. The van der Waals surface area contributed by atoms with Gasteiger partial charge in [0.1, 0.15) is 5.69 Å². The zero-order valence-corrected chi connectivity index (χ0v) is 22.4. The molecule has 0 amide bonds. The van der Waals surface area contributed by atoms with Crippen LogP contribution in [0.15, 0.2) is 35.3 Å². The number of aliphatic imine (C=N–C) groups is 1. The van der Waals surface area contributed by atoms with Crippen LogP contribution in [-0.2, 0) is 26.2 Å². The molecule has 3 rings (SSSR count). The lowest BCUT2D eigenvalue weighted by Gasteiger charge is -2.24. The standard InChI is InChI=1S/C29H41N3O3/c1-8-32-26(18-20(2)31-32)27(34-21(3)35-28(33)23-12-10-9-11-13-23)25(19-30-7)22-14-16-24(17-15-22)29(4,5)6/h14-19,21,23H,8-13H2,1-7H3/b27-25-,30-19?. The van der Waals surface area contributed by atoms with E-state index in [2.05, 4.69) is 55.1 Å². The Balaban J connectivity index is 2.02. The smallest absolute Gasteiger partial charge is 0.311 e. The first-order valence-corrected chi connectivity index (χ1v) is 12.8. The minimum Gasteiger partial charge on any atom is -0.452 e. The molecule has 190 valence electrons. The monoisotopic (exact) mass is 479 g/mol. The highest BCUT2D eigenvalue weighted by Gasteiger charge is 2.26. The fraction of sp³-hybridized carbons (Fsp3) is 0.552. The Morgan fingerprint density at radius 3 is 2.40 bits per heavy atom. The van der Waals surface area contributed by atoms with E-state index in [1.54, 1.807) is 20.2 Å². The topological polar surface area (TPSA) is 65.7 Å². The van der Waals surface area contributed by atoms with Crippen LogP contribution in [0.25, 0.3) is 11.3 Å². The highest BCUT2D eigenvalue weighted by molar-refractivity contribution is 6.18. The minimum atomic E-state index is -0.742. The van der Waals surface area contributed by atoms with E-state index in [1.165, 1.54) is 12.0 Å². The summed E-state index contributed by atoms with van der Waals surface area (Å²) in [5.74, 6) is 0.398. The molecular weight excluding hydrogens is 438 g/mol. The van der Waals surface area contributed by atoms with E-state index in [0.717, 1.165) is 48.2 Å². The average Bonchev–Trinajstić information content (AvgIpc) is 3.21. The van der Waals surface area contributed by atoms with E-state index in [-0.39, 0.29) is 17.3 Å². The van der Waals surface area contributed by atoms with Crippen LogP contribution in [0, 0.1) is 12.8 Å². The Labute approximate surface area is 210 Å². The van der Waals surface area contributed by atoms with Gasteiger partial charge in [0.15, 0.2) is 5.76 Å². The lowest BCUT2D eigenvalue weighted by molar-refractivity contribution is -0.170. The summed E-state index contributed by atoms with van der Waals surface area (Å²) in [5.41, 5.74) is 4.83. The molecule has 1 aromatic carbocycles. The van der Waals surface area contributed by atoms with Crippen molar-refractivity contribution in [3.63, 3.8) is 0 Å². The molecule has 0 aliphatic heterocycles. The van der Waals surface area contributed by atoms with Gasteiger partial charge in [-0.3, -0.25) is 14.5 Å². The number of hydrogen-bond acceptors (Lipinski definition) is 5. The molecule has 6 heteroatoms. The van der Waals surface area contributed by atoms with E-state index in [9.17, 15) is 4.79 Å². The summed E-state index contributed by atoms with van der Waals surface area (Å²) in [7, 11) is 1.75. The number of benzene rings is 1. The Morgan fingerprint density at radius 1 is 1.17 bits per heavy atom. The molecule has 2 aromatic rings. The lowest BCUT2D eigenvalue weighted by atomic mass is 9.86. The Kier molecular flexibility index (Phi) is 8.92. The van der Waals surface area contributed by atoms with Gasteiger partial charge in [0.05, 0.1) is 11.6 Å². The molecule has 0 saturated heterocycles. The van der Waals surface area contributed by atoms with Crippen LogP contribution < -0.4 is 0 Å². The van der Waals surface area contributed by atoms with Crippen molar-refractivity contribution in [2.24, 2.45) is 10.9 Å². The molecule has 1 saturated carbocycles. The number of esters is 1. The fourth-order valence-corrected chi connectivity index (χ4v) is 4.56. The van der Waals surface area contributed by atoms with Gasteiger partial charge in [-0.15, -0.1) is 0 Å². The number of rotatable bonds is 8. The van der Waals surface area contributed by atoms with E-state index in [0.29, 0.717) is 12.3 Å². The Hall–Kier alpha value is -2.89. The molecule has 1 heterocycles. The summed E-state index contributed by atoms with van der Waals surface area (Å²) in [6, 6.07) is 10.5. The van der Waals surface area contributed by atoms with E-state index >= 15 is 0 Å². The van der Waals surface area contributed by atoms with E-state index < -0.39 is 6.29 Å². The van der Waals surface area contributed by atoms with Crippen LogP contribution in [0.3, 0.4) is 0 Å². The first kappa shape index (κ1) is 26.7.